The predicted molar refractivity (Wildman–Crippen MR) is 81.1 cm³/mol. The molecule has 5 nitrogen and oxygen atoms in total. The molecular weight excluding hydrogens is 272 g/mol. The maximum absolute atomic E-state index is 11.8. The summed E-state index contributed by atoms with van der Waals surface area (Å²) in [5, 5.41) is 13.1. The van der Waals surface area contributed by atoms with Crippen molar-refractivity contribution in [3.8, 4) is 0 Å². The van der Waals surface area contributed by atoms with Gasteiger partial charge in [-0.2, -0.15) is 10.2 Å². The van der Waals surface area contributed by atoms with E-state index in [1.54, 1.807) is 11.3 Å². The second-order valence-corrected chi connectivity index (χ2v) is 5.57. The smallest absolute Gasteiger partial charge is 0.240 e. The summed E-state index contributed by atoms with van der Waals surface area (Å²) in [4.78, 5) is 12.9. The third-order valence-electron chi connectivity index (χ3n) is 3.11. The van der Waals surface area contributed by atoms with Crippen LogP contribution in [0.2, 0.25) is 0 Å². The number of aromatic amines is 1. The molecular formula is C14H18N4OS. The summed E-state index contributed by atoms with van der Waals surface area (Å²) in [7, 11) is 0. The van der Waals surface area contributed by atoms with E-state index < -0.39 is 0 Å². The first-order valence-electron chi connectivity index (χ1n) is 6.45. The van der Waals surface area contributed by atoms with Crippen LogP contribution in [0.3, 0.4) is 0 Å². The maximum atomic E-state index is 11.8. The Kier molecular flexibility index (Phi) is 4.68. The van der Waals surface area contributed by atoms with E-state index in [0.29, 0.717) is 12.8 Å². The molecule has 2 rings (SSSR count). The monoisotopic (exact) mass is 290 g/mol. The van der Waals surface area contributed by atoms with Crippen LogP contribution in [0.4, 0.5) is 0 Å². The lowest BCUT2D eigenvalue weighted by molar-refractivity contribution is -0.121. The number of amides is 1. The Labute approximate surface area is 122 Å². The van der Waals surface area contributed by atoms with Crippen LogP contribution < -0.4 is 5.43 Å². The second kappa shape index (κ2) is 6.47. The molecule has 0 atom stereocenters. The second-order valence-electron chi connectivity index (χ2n) is 4.62. The van der Waals surface area contributed by atoms with Gasteiger partial charge in [0.1, 0.15) is 0 Å². The van der Waals surface area contributed by atoms with Crippen LogP contribution in [0, 0.1) is 13.8 Å². The molecule has 2 aromatic rings. The number of hydrogen-bond acceptors (Lipinski definition) is 4. The lowest BCUT2D eigenvalue weighted by atomic mass is 10.1. The molecule has 0 aliphatic heterocycles. The minimum atomic E-state index is -0.0825. The Morgan fingerprint density at radius 1 is 1.50 bits per heavy atom. The Morgan fingerprint density at radius 2 is 2.30 bits per heavy atom. The van der Waals surface area contributed by atoms with Gasteiger partial charge in [-0.25, -0.2) is 5.43 Å². The number of carbonyl (C=O) groups excluding carboxylic acids is 1. The molecule has 2 aromatic heterocycles. The van der Waals surface area contributed by atoms with Crippen LogP contribution in [-0.2, 0) is 11.2 Å². The summed E-state index contributed by atoms with van der Waals surface area (Å²) in [6.07, 6.45) is 1.08. The highest BCUT2D eigenvalue weighted by atomic mass is 32.1. The van der Waals surface area contributed by atoms with E-state index in [2.05, 4.69) is 20.7 Å². The molecule has 0 radical (unpaired) electrons. The van der Waals surface area contributed by atoms with Gasteiger partial charge in [-0.1, -0.05) is 6.07 Å². The average molecular weight is 290 g/mol. The number of thiophene rings is 1. The van der Waals surface area contributed by atoms with Gasteiger partial charge in [0.25, 0.3) is 0 Å². The van der Waals surface area contributed by atoms with Gasteiger partial charge in [0.05, 0.1) is 11.4 Å². The van der Waals surface area contributed by atoms with Gasteiger partial charge in [-0.3, -0.25) is 9.89 Å². The Hall–Kier alpha value is -1.95. The zero-order valence-electron chi connectivity index (χ0n) is 11.9. The number of nitrogens with zero attached hydrogens (tertiary/aromatic N) is 2. The maximum Gasteiger partial charge on any atom is 0.240 e. The van der Waals surface area contributed by atoms with Gasteiger partial charge < -0.3 is 0 Å². The first-order valence-corrected chi connectivity index (χ1v) is 7.33. The normalized spacial score (nSPS) is 11.7. The van der Waals surface area contributed by atoms with E-state index in [-0.39, 0.29) is 5.91 Å². The van der Waals surface area contributed by atoms with Gasteiger partial charge >= 0.3 is 0 Å². The van der Waals surface area contributed by atoms with Crippen LogP contribution in [0.25, 0.3) is 0 Å². The molecule has 0 aromatic carbocycles. The van der Waals surface area contributed by atoms with Crippen LogP contribution in [0.15, 0.2) is 22.6 Å². The average Bonchev–Trinajstić information content (AvgIpc) is 3.05. The Bertz CT molecular complexity index is 594. The van der Waals surface area contributed by atoms with E-state index >= 15 is 0 Å². The van der Waals surface area contributed by atoms with E-state index in [1.807, 2.05) is 38.3 Å². The Morgan fingerprint density at radius 3 is 2.90 bits per heavy atom. The molecule has 2 N–H and O–H groups in total. The fourth-order valence-corrected chi connectivity index (χ4v) is 2.60. The molecule has 0 spiro atoms. The fraction of sp³-hybridized carbons (Fsp3) is 0.357. The van der Waals surface area contributed by atoms with Gasteiger partial charge in [-0.15, -0.1) is 11.3 Å². The molecule has 6 heteroatoms. The van der Waals surface area contributed by atoms with Crippen molar-refractivity contribution in [1.82, 2.24) is 15.6 Å². The molecule has 20 heavy (non-hydrogen) atoms. The summed E-state index contributed by atoms with van der Waals surface area (Å²) in [6, 6.07) is 3.94. The van der Waals surface area contributed by atoms with Gasteiger partial charge in [0.2, 0.25) is 5.91 Å². The van der Waals surface area contributed by atoms with Gasteiger partial charge in [-0.05, 0) is 44.2 Å². The molecule has 0 fully saturated rings. The Balaban J connectivity index is 1.86. The van der Waals surface area contributed by atoms with Crippen molar-refractivity contribution in [1.29, 1.82) is 0 Å². The summed E-state index contributed by atoms with van der Waals surface area (Å²) < 4.78 is 0. The highest BCUT2D eigenvalue weighted by molar-refractivity contribution is 7.12. The van der Waals surface area contributed by atoms with E-state index in [9.17, 15) is 4.79 Å². The number of hydrogen-bond donors (Lipinski definition) is 2. The SMILES string of the molecule is CC(=NNC(=O)CCc1c(C)n[nH]c1C)c1cccs1. The molecule has 0 unspecified atom stereocenters. The quantitative estimate of drug-likeness (QED) is 0.656. The van der Waals surface area contributed by atoms with Gasteiger partial charge in [0, 0.05) is 17.0 Å². The van der Waals surface area contributed by atoms with E-state index in [4.69, 9.17) is 0 Å². The summed E-state index contributed by atoms with van der Waals surface area (Å²) in [5.74, 6) is -0.0825. The number of aryl methyl sites for hydroxylation is 2. The topological polar surface area (TPSA) is 70.1 Å². The fourth-order valence-electron chi connectivity index (χ4n) is 1.92. The van der Waals surface area contributed by atoms with Crippen molar-refractivity contribution in [2.24, 2.45) is 5.10 Å². The largest absolute Gasteiger partial charge is 0.282 e. The van der Waals surface area contributed by atoms with Crippen molar-refractivity contribution in [3.05, 3.63) is 39.3 Å². The number of H-pyrrole nitrogens is 1. The first kappa shape index (κ1) is 14.5. The number of carbonyl (C=O) groups is 1. The molecule has 0 saturated carbocycles. The molecule has 0 aliphatic carbocycles. The summed E-state index contributed by atoms with van der Waals surface area (Å²) in [6.45, 7) is 5.79. The lowest BCUT2D eigenvalue weighted by Crippen LogP contribution is -2.19. The van der Waals surface area contributed by atoms with Crippen LogP contribution >= 0.6 is 11.3 Å². The van der Waals surface area contributed by atoms with E-state index in [0.717, 1.165) is 27.5 Å². The van der Waals surface area contributed by atoms with Crippen molar-refractivity contribution in [3.63, 3.8) is 0 Å². The zero-order valence-corrected chi connectivity index (χ0v) is 12.7. The van der Waals surface area contributed by atoms with E-state index in [1.165, 1.54) is 0 Å². The van der Waals surface area contributed by atoms with Crippen molar-refractivity contribution < 1.29 is 4.79 Å². The summed E-state index contributed by atoms with van der Waals surface area (Å²) in [5.41, 5.74) is 6.50. The van der Waals surface area contributed by atoms with Crippen molar-refractivity contribution >= 4 is 23.0 Å². The minimum absolute atomic E-state index is 0.0825. The predicted octanol–water partition coefficient (Wildman–Crippen LogP) is 2.56. The van der Waals surface area contributed by atoms with Crippen LogP contribution in [-0.4, -0.2) is 21.8 Å². The standard InChI is InChI=1S/C14H18N4OS/c1-9-12(10(2)16-15-9)6-7-14(19)18-17-11(3)13-5-4-8-20-13/h4-5,8H,6-7H2,1-3H3,(H,15,16)(H,18,19). The number of nitrogens with one attached hydrogen (secondary N) is 2. The minimum Gasteiger partial charge on any atom is -0.282 e. The van der Waals surface area contributed by atoms with Crippen LogP contribution in [0.5, 0.6) is 0 Å². The molecule has 2 heterocycles. The lowest BCUT2D eigenvalue weighted by Gasteiger charge is -2.02. The molecule has 106 valence electrons. The van der Waals surface area contributed by atoms with Gasteiger partial charge in [0.15, 0.2) is 0 Å². The highest BCUT2D eigenvalue weighted by Crippen LogP contribution is 2.12. The number of aromatic nitrogens is 2. The molecule has 0 bridgehead atoms. The summed E-state index contributed by atoms with van der Waals surface area (Å²) >= 11 is 1.60. The van der Waals surface area contributed by atoms with Crippen molar-refractivity contribution in [2.75, 3.05) is 0 Å². The zero-order chi connectivity index (χ0) is 14.5. The van der Waals surface area contributed by atoms with Crippen LogP contribution in [0.1, 0.15) is 35.2 Å². The van der Waals surface area contributed by atoms with Crippen molar-refractivity contribution in [2.45, 2.75) is 33.6 Å². The molecule has 1 amide bonds. The number of hydrazone groups is 1. The third kappa shape index (κ3) is 3.54. The first-order chi connectivity index (χ1) is 9.58. The number of rotatable bonds is 5. The third-order valence-corrected chi connectivity index (χ3v) is 4.09. The highest BCUT2D eigenvalue weighted by Gasteiger charge is 2.09. The molecule has 0 aliphatic rings. The molecule has 0 saturated heterocycles.